The van der Waals surface area contributed by atoms with E-state index in [1.54, 1.807) is 17.0 Å². The number of amidine groups is 1. The van der Waals surface area contributed by atoms with Crippen molar-refractivity contribution in [1.29, 1.82) is 0 Å². The molecule has 0 bridgehead atoms. The van der Waals surface area contributed by atoms with Gasteiger partial charge in [0.1, 0.15) is 0 Å². The van der Waals surface area contributed by atoms with Gasteiger partial charge in [-0.1, -0.05) is 23.4 Å². The van der Waals surface area contributed by atoms with Crippen LogP contribution < -0.4 is 5.32 Å². The Hall–Kier alpha value is -2.54. The number of benzene rings is 1. The Morgan fingerprint density at radius 3 is 2.90 bits per heavy atom. The van der Waals surface area contributed by atoms with E-state index < -0.39 is 0 Å². The zero-order chi connectivity index (χ0) is 13.9. The number of rotatable bonds is 2. The minimum absolute atomic E-state index is 0.179. The summed E-state index contributed by atoms with van der Waals surface area (Å²) in [6.07, 6.45) is 5.27. The molecule has 0 aliphatic carbocycles. The number of para-hydroxylation sites is 1. The molecule has 1 aromatic carbocycles. The summed E-state index contributed by atoms with van der Waals surface area (Å²) in [5.41, 5.74) is 1.72. The summed E-state index contributed by atoms with van der Waals surface area (Å²) in [7, 11) is 0. The highest BCUT2D eigenvalue weighted by atomic mass is 32.2. The average molecular weight is 286 g/mol. The third-order valence-corrected chi connectivity index (χ3v) is 3.62. The highest BCUT2D eigenvalue weighted by molar-refractivity contribution is 8.18. The van der Waals surface area contributed by atoms with Gasteiger partial charge < -0.3 is 5.21 Å². The molecule has 7 heteroatoms. The van der Waals surface area contributed by atoms with Gasteiger partial charge in [-0.05, 0) is 30.0 Å². The van der Waals surface area contributed by atoms with Crippen molar-refractivity contribution in [3.8, 4) is 5.69 Å². The van der Waals surface area contributed by atoms with E-state index in [-0.39, 0.29) is 11.1 Å². The highest BCUT2D eigenvalue weighted by Crippen LogP contribution is 2.27. The van der Waals surface area contributed by atoms with E-state index in [9.17, 15) is 4.79 Å². The van der Waals surface area contributed by atoms with E-state index in [0.717, 1.165) is 23.0 Å². The van der Waals surface area contributed by atoms with Gasteiger partial charge in [-0.2, -0.15) is 5.10 Å². The Morgan fingerprint density at radius 1 is 1.35 bits per heavy atom. The van der Waals surface area contributed by atoms with Gasteiger partial charge in [0.2, 0.25) is 5.17 Å². The molecule has 20 heavy (non-hydrogen) atoms. The normalized spacial score (nSPS) is 18.7. The minimum atomic E-state index is -0.280. The van der Waals surface area contributed by atoms with Crippen molar-refractivity contribution in [1.82, 2.24) is 15.1 Å². The van der Waals surface area contributed by atoms with E-state index in [0.29, 0.717) is 4.91 Å². The van der Waals surface area contributed by atoms with Crippen LogP contribution in [0.2, 0.25) is 0 Å². The number of aromatic nitrogens is 2. The van der Waals surface area contributed by atoms with Crippen LogP contribution >= 0.6 is 11.8 Å². The first-order valence-corrected chi connectivity index (χ1v) is 6.61. The molecule has 1 aliphatic rings. The van der Waals surface area contributed by atoms with Crippen molar-refractivity contribution < 1.29 is 10.0 Å². The fourth-order valence-electron chi connectivity index (χ4n) is 1.85. The van der Waals surface area contributed by atoms with Crippen molar-refractivity contribution in [2.75, 3.05) is 0 Å². The lowest BCUT2D eigenvalue weighted by Crippen LogP contribution is -2.19. The first-order chi connectivity index (χ1) is 9.78. The fourth-order valence-corrected chi connectivity index (χ4v) is 2.57. The number of carbonyl (C=O) groups is 1. The van der Waals surface area contributed by atoms with Crippen LogP contribution in [-0.2, 0) is 4.79 Å². The summed E-state index contributed by atoms with van der Waals surface area (Å²) in [6.45, 7) is 0. The molecule has 6 nitrogen and oxygen atoms in total. The molecule has 0 radical (unpaired) electrons. The van der Waals surface area contributed by atoms with Crippen LogP contribution in [0.4, 0.5) is 0 Å². The van der Waals surface area contributed by atoms with Crippen molar-refractivity contribution in [2.24, 2.45) is 5.16 Å². The molecule has 1 aromatic heterocycles. The van der Waals surface area contributed by atoms with Gasteiger partial charge >= 0.3 is 0 Å². The van der Waals surface area contributed by atoms with E-state index in [1.165, 1.54) is 0 Å². The first kappa shape index (κ1) is 12.5. The SMILES string of the molecule is O=C1N/C(=N\O)S/C1=C/c1ccccc1-n1cccn1. The molecule has 0 atom stereocenters. The molecule has 1 saturated heterocycles. The Kier molecular flexibility index (Phi) is 3.26. The monoisotopic (exact) mass is 286 g/mol. The minimum Gasteiger partial charge on any atom is -0.409 e. The molecule has 1 fully saturated rings. The smallest absolute Gasteiger partial charge is 0.264 e. The summed E-state index contributed by atoms with van der Waals surface area (Å²) in [6, 6.07) is 9.43. The third-order valence-electron chi connectivity index (χ3n) is 2.72. The predicted octanol–water partition coefficient (Wildman–Crippen LogP) is 1.82. The van der Waals surface area contributed by atoms with Crippen molar-refractivity contribution in [3.05, 3.63) is 53.2 Å². The second-order valence-corrected chi connectivity index (χ2v) is 5.01. The van der Waals surface area contributed by atoms with Crippen LogP contribution in [0.5, 0.6) is 0 Å². The van der Waals surface area contributed by atoms with Gasteiger partial charge in [0.15, 0.2) is 0 Å². The van der Waals surface area contributed by atoms with Crippen LogP contribution in [0.15, 0.2) is 52.8 Å². The molecule has 2 aromatic rings. The maximum absolute atomic E-state index is 11.7. The average Bonchev–Trinajstić information content (AvgIpc) is 3.10. The molecule has 1 aliphatic heterocycles. The lowest BCUT2D eigenvalue weighted by molar-refractivity contribution is -0.115. The largest absolute Gasteiger partial charge is 0.409 e. The number of nitrogens with zero attached hydrogens (tertiary/aromatic N) is 3. The van der Waals surface area contributed by atoms with Crippen LogP contribution in [0, 0.1) is 0 Å². The second-order valence-electron chi connectivity index (χ2n) is 3.98. The van der Waals surface area contributed by atoms with E-state index in [2.05, 4.69) is 15.6 Å². The molecule has 0 saturated carbocycles. The molecule has 3 rings (SSSR count). The lowest BCUT2D eigenvalue weighted by atomic mass is 10.1. The molecule has 1 amide bonds. The Bertz CT molecular complexity index is 707. The van der Waals surface area contributed by atoms with Crippen LogP contribution in [0.1, 0.15) is 5.56 Å². The molecule has 2 heterocycles. The highest BCUT2D eigenvalue weighted by Gasteiger charge is 2.24. The quantitative estimate of drug-likeness (QED) is 0.501. The molecule has 0 spiro atoms. The molecule has 100 valence electrons. The maximum atomic E-state index is 11.7. The number of nitrogens with one attached hydrogen (secondary N) is 1. The molecule has 2 N–H and O–H groups in total. The zero-order valence-electron chi connectivity index (χ0n) is 10.2. The van der Waals surface area contributed by atoms with Gasteiger partial charge in [0, 0.05) is 18.0 Å². The number of carbonyl (C=O) groups excluding carboxylic acids is 1. The summed E-state index contributed by atoms with van der Waals surface area (Å²) >= 11 is 1.09. The van der Waals surface area contributed by atoms with E-state index in [4.69, 9.17) is 5.21 Å². The number of hydrogen-bond acceptors (Lipinski definition) is 5. The molecular weight excluding hydrogens is 276 g/mol. The lowest BCUT2D eigenvalue weighted by Gasteiger charge is -2.06. The molecule has 0 unspecified atom stereocenters. The number of hydrogen-bond donors (Lipinski definition) is 2. The van der Waals surface area contributed by atoms with Crippen molar-refractivity contribution >= 4 is 28.9 Å². The number of thioether (sulfide) groups is 1. The predicted molar refractivity (Wildman–Crippen MR) is 76.5 cm³/mol. The fraction of sp³-hybridized carbons (Fsp3) is 0. The Morgan fingerprint density at radius 2 is 2.20 bits per heavy atom. The molecular formula is C13H10N4O2S. The maximum Gasteiger partial charge on any atom is 0.264 e. The number of oxime groups is 1. The van der Waals surface area contributed by atoms with Crippen molar-refractivity contribution in [3.63, 3.8) is 0 Å². The Balaban J connectivity index is 2.02. The Labute approximate surface area is 118 Å². The van der Waals surface area contributed by atoms with Crippen LogP contribution in [0.25, 0.3) is 11.8 Å². The standard InChI is InChI=1S/C13H10N4O2S/c18-12-11(20-13(15-12)16-19)8-9-4-1-2-5-10(9)17-7-3-6-14-17/h1-8,19H,(H,15,16,18)/b11-8+. The van der Waals surface area contributed by atoms with Gasteiger partial charge in [0.25, 0.3) is 5.91 Å². The second kappa shape index (κ2) is 5.22. The van der Waals surface area contributed by atoms with E-state index in [1.807, 2.05) is 36.5 Å². The first-order valence-electron chi connectivity index (χ1n) is 5.80. The van der Waals surface area contributed by atoms with E-state index >= 15 is 0 Å². The van der Waals surface area contributed by atoms with Gasteiger partial charge in [-0.3, -0.25) is 10.1 Å². The van der Waals surface area contributed by atoms with Gasteiger partial charge in [-0.25, -0.2) is 4.68 Å². The van der Waals surface area contributed by atoms with Crippen molar-refractivity contribution in [2.45, 2.75) is 0 Å². The summed E-state index contributed by atoms with van der Waals surface area (Å²) in [4.78, 5) is 12.2. The summed E-state index contributed by atoms with van der Waals surface area (Å²) < 4.78 is 1.73. The summed E-state index contributed by atoms with van der Waals surface area (Å²) in [5, 5.41) is 18.5. The van der Waals surface area contributed by atoms with Crippen LogP contribution in [0.3, 0.4) is 0 Å². The zero-order valence-corrected chi connectivity index (χ0v) is 11.0. The summed E-state index contributed by atoms with van der Waals surface area (Å²) in [5.74, 6) is -0.280. The third kappa shape index (κ3) is 2.30. The topological polar surface area (TPSA) is 79.5 Å². The van der Waals surface area contributed by atoms with Gasteiger partial charge in [0.05, 0.1) is 10.6 Å². The number of amides is 1. The van der Waals surface area contributed by atoms with Crippen LogP contribution in [-0.4, -0.2) is 26.1 Å². The van der Waals surface area contributed by atoms with Gasteiger partial charge in [-0.15, -0.1) is 0 Å².